The van der Waals surface area contributed by atoms with Gasteiger partial charge in [-0.25, -0.2) is 4.79 Å². The molecule has 0 aromatic rings. The Morgan fingerprint density at radius 2 is 1.75 bits per heavy atom. The van der Waals surface area contributed by atoms with Crippen LogP contribution in [0, 0.1) is 5.92 Å². The molecule has 6 heteroatoms. The fraction of sp³-hybridized carbons (Fsp3) is 0.500. The summed E-state index contributed by atoms with van der Waals surface area (Å²) < 4.78 is 0. The molecule has 0 amide bonds. The fourth-order valence-electron chi connectivity index (χ4n) is 0.207. The first-order valence-electron chi connectivity index (χ1n) is 2.85. The molecule has 12 heavy (non-hydrogen) atoms. The molecule has 0 fully saturated rings. The van der Waals surface area contributed by atoms with Crippen LogP contribution in [0.5, 0.6) is 0 Å². The zero-order valence-electron chi connectivity index (χ0n) is 6.06. The summed E-state index contributed by atoms with van der Waals surface area (Å²) in [7, 11) is 0. The average Bonchev–Trinajstić information content (AvgIpc) is 1.87. The van der Waals surface area contributed by atoms with Crippen molar-refractivity contribution in [2.75, 3.05) is 0 Å². The Hall–Kier alpha value is -0.390. The average molecular weight is 186 g/mol. The van der Waals surface area contributed by atoms with Gasteiger partial charge in [0.1, 0.15) is 12.6 Å². The van der Waals surface area contributed by atoms with Gasteiger partial charge in [0.15, 0.2) is 0 Å². The van der Waals surface area contributed by atoms with Crippen molar-refractivity contribution in [2.45, 2.75) is 13.3 Å². The summed E-state index contributed by atoms with van der Waals surface area (Å²) in [4.78, 5) is 27.9. The SMILES string of the molecule is CC(C=O)CC=O.O=C(O)O.[NaH]. The van der Waals surface area contributed by atoms with Crippen LogP contribution in [0.2, 0.25) is 0 Å². The summed E-state index contributed by atoms with van der Waals surface area (Å²) in [6.45, 7) is 1.71. The van der Waals surface area contributed by atoms with Gasteiger partial charge in [-0.2, -0.15) is 0 Å². The predicted octanol–water partition coefficient (Wildman–Crippen LogP) is -0.0157. The Labute approximate surface area is 92.1 Å². The molecule has 66 valence electrons. The van der Waals surface area contributed by atoms with Crippen molar-refractivity contribution in [3.63, 3.8) is 0 Å². The number of hydrogen-bond donors (Lipinski definition) is 2. The Bertz CT molecular complexity index is 132. The van der Waals surface area contributed by atoms with Crippen LogP contribution in [0.1, 0.15) is 13.3 Å². The van der Waals surface area contributed by atoms with Crippen molar-refractivity contribution in [1.29, 1.82) is 0 Å². The Balaban J connectivity index is -0.000000142. The zero-order chi connectivity index (χ0) is 9.28. The van der Waals surface area contributed by atoms with Gasteiger partial charge >= 0.3 is 35.7 Å². The molecule has 0 rings (SSSR count). The summed E-state index contributed by atoms with van der Waals surface area (Å²) in [5.74, 6) is -0.0995. The van der Waals surface area contributed by atoms with Gasteiger partial charge in [-0.3, -0.25) is 0 Å². The van der Waals surface area contributed by atoms with Crippen molar-refractivity contribution in [2.24, 2.45) is 5.92 Å². The van der Waals surface area contributed by atoms with Gasteiger partial charge in [-0.15, -0.1) is 0 Å². The molecule has 0 spiro atoms. The number of hydrogen-bond acceptors (Lipinski definition) is 3. The van der Waals surface area contributed by atoms with Crippen molar-refractivity contribution in [3.8, 4) is 0 Å². The molecule has 0 radical (unpaired) electrons. The van der Waals surface area contributed by atoms with E-state index < -0.39 is 6.16 Å². The van der Waals surface area contributed by atoms with Crippen molar-refractivity contribution < 1.29 is 24.6 Å². The molecule has 2 N–H and O–H groups in total. The minimum atomic E-state index is -1.83. The van der Waals surface area contributed by atoms with E-state index in [1.165, 1.54) is 0 Å². The molecule has 0 aromatic carbocycles. The van der Waals surface area contributed by atoms with Gasteiger partial charge in [0.05, 0.1) is 0 Å². The van der Waals surface area contributed by atoms with Crippen LogP contribution in [0.3, 0.4) is 0 Å². The molecule has 0 saturated heterocycles. The molecular formula is C6H11NaO5. The molecule has 0 aliphatic heterocycles. The molecule has 5 nitrogen and oxygen atoms in total. The second-order valence-corrected chi connectivity index (χ2v) is 1.80. The molecule has 0 bridgehead atoms. The number of carboxylic acid groups (broad SMARTS) is 2. The molecule has 0 aliphatic carbocycles. The van der Waals surface area contributed by atoms with Gasteiger partial charge in [-0.1, -0.05) is 6.92 Å². The van der Waals surface area contributed by atoms with Crippen LogP contribution in [-0.2, 0) is 9.59 Å². The first kappa shape index (κ1) is 17.6. The molecule has 1 unspecified atom stereocenters. The number of rotatable bonds is 3. The number of aldehydes is 2. The zero-order valence-corrected chi connectivity index (χ0v) is 6.06. The van der Waals surface area contributed by atoms with E-state index >= 15 is 0 Å². The maximum atomic E-state index is 9.74. The molecular weight excluding hydrogens is 175 g/mol. The topological polar surface area (TPSA) is 91.7 Å². The third-order valence-electron chi connectivity index (χ3n) is 0.700. The molecule has 0 saturated carbocycles. The van der Waals surface area contributed by atoms with Crippen molar-refractivity contribution in [3.05, 3.63) is 0 Å². The van der Waals surface area contributed by atoms with Gasteiger partial charge in [0.25, 0.3) is 0 Å². The fourth-order valence-corrected chi connectivity index (χ4v) is 0.207. The summed E-state index contributed by atoms with van der Waals surface area (Å²) in [5.41, 5.74) is 0. The summed E-state index contributed by atoms with van der Waals surface area (Å²) in [6.07, 6.45) is 0.0387. The van der Waals surface area contributed by atoms with Crippen LogP contribution in [0.15, 0.2) is 0 Å². The van der Waals surface area contributed by atoms with Gasteiger partial charge < -0.3 is 19.8 Å². The first-order valence-corrected chi connectivity index (χ1v) is 2.85. The number of carbonyl (C=O) groups is 3. The van der Waals surface area contributed by atoms with E-state index in [0.29, 0.717) is 6.42 Å². The molecule has 1 atom stereocenters. The van der Waals surface area contributed by atoms with Crippen LogP contribution < -0.4 is 0 Å². The van der Waals surface area contributed by atoms with Crippen LogP contribution in [0.4, 0.5) is 4.79 Å². The third kappa shape index (κ3) is 33.5. The van der Waals surface area contributed by atoms with Crippen molar-refractivity contribution in [1.82, 2.24) is 0 Å². The van der Waals surface area contributed by atoms with E-state index in [0.717, 1.165) is 12.6 Å². The monoisotopic (exact) mass is 186 g/mol. The van der Waals surface area contributed by atoms with E-state index in [4.69, 9.17) is 15.0 Å². The first-order chi connectivity index (χ1) is 5.04. The van der Waals surface area contributed by atoms with Crippen LogP contribution in [0.25, 0.3) is 0 Å². The van der Waals surface area contributed by atoms with Gasteiger partial charge in [0, 0.05) is 12.3 Å². The van der Waals surface area contributed by atoms with E-state index in [1.54, 1.807) is 6.92 Å². The molecule has 0 aromatic heterocycles. The minimum absolute atomic E-state index is 0. The maximum absolute atomic E-state index is 9.74. The van der Waals surface area contributed by atoms with Gasteiger partial charge in [-0.05, 0) is 0 Å². The van der Waals surface area contributed by atoms with Gasteiger partial charge in [0.2, 0.25) is 0 Å². The van der Waals surface area contributed by atoms with Crippen molar-refractivity contribution >= 4 is 48.3 Å². The number of carbonyl (C=O) groups excluding carboxylic acids is 2. The Morgan fingerprint density at radius 1 is 1.42 bits per heavy atom. The second-order valence-electron chi connectivity index (χ2n) is 1.80. The van der Waals surface area contributed by atoms with Crippen LogP contribution in [-0.4, -0.2) is 58.5 Å². The van der Waals surface area contributed by atoms with E-state index in [9.17, 15) is 9.59 Å². The van der Waals surface area contributed by atoms with Crippen LogP contribution >= 0.6 is 0 Å². The quantitative estimate of drug-likeness (QED) is 0.477. The summed E-state index contributed by atoms with van der Waals surface area (Å²) in [5, 5.41) is 13.9. The third-order valence-corrected chi connectivity index (χ3v) is 0.700. The summed E-state index contributed by atoms with van der Waals surface area (Å²) >= 11 is 0. The predicted molar refractivity (Wildman–Crippen MR) is 43.7 cm³/mol. The second kappa shape index (κ2) is 13.2. The molecule has 0 aliphatic rings. The standard InChI is InChI=1S/C5H8O2.CH2O3.Na.H/c1-5(4-7)2-3-6;2-1(3)4;;/h3-5H,2H2,1H3;(H2,2,3,4);;. The van der Waals surface area contributed by atoms with E-state index in [2.05, 4.69) is 0 Å². The Morgan fingerprint density at radius 3 is 1.83 bits per heavy atom. The Kier molecular flexibility index (Phi) is 19.4. The van der Waals surface area contributed by atoms with E-state index in [1.807, 2.05) is 0 Å². The summed E-state index contributed by atoms with van der Waals surface area (Å²) in [6, 6.07) is 0. The van der Waals surface area contributed by atoms with E-state index in [-0.39, 0.29) is 35.5 Å². The normalized spacial score (nSPS) is 9.42. The molecule has 0 heterocycles.